The van der Waals surface area contributed by atoms with E-state index in [1.807, 2.05) is 47.4 Å². The fourth-order valence-electron chi connectivity index (χ4n) is 5.61. The van der Waals surface area contributed by atoms with Crippen LogP contribution in [0.3, 0.4) is 0 Å². The van der Waals surface area contributed by atoms with Crippen LogP contribution in [-0.2, 0) is 16.0 Å². The highest BCUT2D eigenvalue weighted by Gasteiger charge is 2.32. The van der Waals surface area contributed by atoms with Crippen molar-refractivity contribution in [1.82, 2.24) is 15.5 Å². The van der Waals surface area contributed by atoms with E-state index in [1.165, 1.54) is 22.8 Å². The first-order valence-electron chi connectivity index (χ1n) is 15.0. The lowest BCUT2D eigenvalue weighted by atomic mass is 9.90. The van der Waals surface area contributed by atoms with Gasteiger partial charge >= 0.3 is 0 Å². The molecule has 2 atom stereocenters. The van der Waals surface area contributed by atoms with Crippen molar-refractivity contribution in [3.05, 3.63) is 149 Å². The van der Waals surface area contributed by atoms with Crippen LogP contribution in [0, 0.1) is 0 Å². The van der Waals surface area contributed by atoms with Gasteiger partial charge in [0.25, 0.3) is 0 Å². The van der Waals surface area contributed by atoms with E-state index >= 15 is 0 Å². The van der Waals surface area contributed by atoms with Crippen molar-refractivity contribution in [2.75, 3.05) is 19.6 Å². The zero-order valence-corrected chi connectivity index (χ0v) is 25.0. The summed E-state index contributed by atoms with van der Waals surface area (Å²) in [6, 6.07) is 38.1. The molecule has 4 aromatic rings. The molecular formula is C37H38ClN3O2. The van der Waals surface area contributed by atoms with Gasteiger partial charge in [-0.05, 0) is 59.7 Å². The van der Waals surface area contributed by atoms with E-state index < -0.39 is 0 Å². The Kier molecular flexibility index (Phi) is 10.8. The fraction of sp³-hybridized carbons (Fsp3) is 0.243. The van der Waals surface area contributed by atoms with Gasteiger partial charge in [-0.25, -0.2) is 0 Å². The van der Waals surface area contributed by atoms with Crippen LogP contribution in [0.1, 0.15) is 41.0 Å². The molecule has 1 aliphatic heterocycles. The van der Waals surface area contributed by atoms with E-state index in [0.717, 1.165) is 18.4 Å². The topological polar surface area (TPSA) is 61.4 Å². The molecule has 6 heteroatoms. The Morgan fingerprint density at radius 1 is 0.884 bits per heavy atom. The van der Waals surface area contributed by atoms with Crippen LogP contribution in [0.25, 0.3) is 6.08 Å². The van der Waals surface area contributed by atoms with E-state index in [9.17, 15) is 9.59 Å². The molecule has 5 rings (SSSR count). The van der Waals surface area contributed by atoms with Crippen molar-refractivity contribution in [2.45, 2.75) is 37.3 Å². The van der Waals surface area contributed by atoms with Crippen molar-refractivity contribution in [2.24, 2.45) is 0 Å². The van der Waals surface area contributed by atoms with E-state index in [-0.39, 0.29) is 29.8 Å². The molecule has 1 saturated heterocycles. The predicted molar refractivity (Wildman–Crippen MR) is 175 cm³/mol. The van der Waals surface area contributed by atoms with Gasteiger partial charge in [0, 0.05) is 42.7 Å². The number of benzene rings is 4. The van der Waals surface area contributed by atoms with Gasteiger partial charge in [-0.2, -0.15) is 0 Å². The highest BCUT2D eigenvalue weighted by Crippen LogP contribution is 2.27. The van der Waals surface area contributed by atoms with Gasteiger partial charge in [-0.1, -0.05) is 115 Å². The zero-order valence-electron chi connectivity index (χ0n) is 24.2. The van der Waals surface area contributed by atoms with Crippen molar-refractivity contribution >= 4 is 29.5 Å². The molecule has 220 valence electrons. The number of hydrogen-bond acceptors (Lipinski definition) is 3. The molecule has 0 bridgehead atoms. The normalized spacial score (nSPS) is 17.3. The summed E-state index contributed by atoms with van der Waals surface area (Å²) >= 11 is 5.97. The molecule has 1 aliphatic rings. The molecule has 0 saturated carbocycles. The van der Waals surface area contributed by atoms with Crippen LogP contribution in [0.5, 0.6) is 0 Å². The Morgan fingerprint density at radius 2 is 1.49 bits per heavy atom. The quantitative estimate of drug-likeness (QED) is 0.196. The largest absolute Gasteiger partial charge is 0.351 e. The predicted octanol–water partition coefficient (Wildman–Crippen LogP) is 6.49. The molecule has 0 aliphatic carbocycles. The van der Waals surface area contributed by atoms with Crippen molar-refractivity contribution in [1.29, 1.82) is 0 Å². The Morgan fingerprint density at radius 3 is 2.12 bits per heavy atom. The standard InChI is InChI=1S/C37H38ClN3O2/c38-32-20-16-29(17-21-32)19-23-36(42)39-26-33-24-25-41(37(43)35(40-33)22-18-28-10-4-1-5-11-28)27-34(30-12-6-2-7-13-30)31-14-8-3-9-15-31/h1-17,19-21,23,33-35,40H,18,22,24-27H2,(H,39,42)/t33-,35-/m0/s1. The number of hydrogen-bond donors (Lipinski definition) is 2. The number of carbonyl (C=O) groups excluding carboxylic acids is 2. The maximum Gasteiger partial charge on any atom is 0.244 e. The molecule has 5 nitrogen and oxygen atoms in total. The van der Waals surface area contributed by atoms with Crippen molar-refractivity contribution in [3.63, 3.8) is 0 Å². The maximum absolute atomic E-state index is 14.1. The Labute approximate surface area is 259 Å². The van der Waals surface area contributed by atoms with Crippen LogP contribution in [0.15, 0.2) is 121 Å². The smallest absolute Gasteiger partial charge is 0.244 e. The lowest BCUT2D eigenvalue weighted by Crippen LogP contribution is -2.49. The molecule has 0 aromatic heterocycles. The third-order valence-electron chi connectivity index (χ3n) is 7.99. The lowest BCUT2D eigenvalue weighted by molar-refractivity contribution is -0.133. The number of amides is 2. The third kappa shape index (κ3) is 8.90. The number of nitrogens with zero attached hydrogens (tertiary/aromatic N) is 1. The Bertz CT molecular complexity index is 1440. The first-order valence-corrected chi connectivity index (χ1v) is 15.3. The summed E-state index contributed by atoms with van der Waals surface area (Å²) in [5.41, 5.74) is 4.49. The van der Waals surface area contributed by atoms with Gasteiger partial charge in [-0.3, -0.25) is 9.59 Å². The molecule has 0 spiro atoms. The summed E-state index contributed by atoms with van der Waals surface area (Å²) < 4.78 is 0. The SMILES string of the molecule is O=C(C=Cc1ccc(Cl)cc1)NC[C@@H]1CCN(CC(c2ccccc2)c2ccccc2)C(=O)[C@H](CCc2ccccc2)N1. The first kappa shape index (κ1) is 30.3. The van der Waals surface area contributed by atoms with Crippen LogP contribution in [0.2, 0.25) is 5.02 Å². The number of nitrogens with one attached hydrogen (secondary N) is 2. The highest BCUT2D eigenvalue weighted by atomic mass is 35.5. The zero-order chi connectivity index (χ0) is 29.9. The summed E-state index contributed by atoms with van der Waals surface area (Å²) in [4.78, 5) is 28.8. The van der Waals surface area contributed by atoms with Gasteiger partial charge < -0.3 is 15.5 Å². The Hall–Kier alpha value is -4.19. The van der Waals surface area contributed by atoms with E-state index in [0.29, 0.717) is 31.1 Å². The van der Waals surface area contributed by atoms with Crippen LogP contribution >= 0.6 is 11.6 Å². The molecule has 43 heavy (non-hydrogen) atoms. The summed E-state index contributed by atoms with van der Waals surface area (Å²) in [6.07, 6.45) is 5.52. The van der Waals surface area contributed by atoms with Gasteiger partial charge in [0.05, 0.1) is 6.04 Å². The first-order chi connectivity index (χ1) is 21.0. The summed E-state index contributed by atoms with van der Waals surface area (Å²) in [7, 11) is 0. The van der Waals surface area contributed by atoms with Crippen LogP contribution < -0.4 is 10.6 Å². The van der Waals surface area contributed by atoms with Gasteiger partial charge in [0.15, 0.2) is 0 Å². The maximum atomic E-state index is 14.1. The van der Waals surface area contributed by atoms with Crippen molar-refractivity contribution in [3.8, 4) is 0 Å². The number of aryl methyl sites for hydroxylation is 1. The lowest BCUT2D eigenvalue weighted by Gasteiger charge is -2.29. The number of halogens is 1. The minimum absolute atomic E-state index is 0.0329. The molecule has 0 radical (unpaired) electrons. The van der Waals surface area contributed by atoms with Gasteiger partial charge in [0.1, 0.15) is 0 Å². The highest BCUT2D eigenvalue weighted by molar-refractivity contribution is 6.30. The molecule has 4 aromatic carbocycles. The van der Waals surface area contributed by atoms with E-state index in [2.05, 4.69) is 71.3 Å². The molecule has 0 unspecified atom stereocenters. The second-order valence-corrected chi connectivity index (χ2v) is 11.5. The molecule has 2 N–H and O–H groups in total. The monoisotopic (exact) mass is 591 g/mol. The molecular weight excluding hydrogens is 554 g/mol. The molecule has 2 amide bonds. The van der Waals surface area contributed by atoms with Crippen molar-refractivity contribution < 1.29 is 9.59 Å². The minimum atomic E-state index is -0.346. The van der Waals surface area contributed by atoms with Crippen LogP contribution in [-0.4, -0.2) is 48.4 Å². The van der Waals surface area contributed by atoms with Gasteiger partial charge in [0.2, 0.25) is 11.8 Å². The summed E-state index contributed by atoms with van der Waals surface area (Å²) in [6.45, 7) is 1.65. The van der Waals surface area contributed by atoms with Gasteiger partial charge in [-0.15, -0.1) is 0 Å². The number of rotatable bonds is 11. The average Bonchev–Trinajstić information content (AvgIpc) is 3.20. The van der Waals surface area contributed by atoms with E-state index in [4.69, 9.17) is 11.6 Å². The summed E-state index contributed by atoms with van der Waals surface area (Å²) in [5.74, 6) is 0.0119. The number of carbonyl (C=O) groups is 2. The average molecular weight is 592 g/mol. The third-order valence-corrected chi connectivity index (χ3v) is 8.24. The molecule has 1 heterocycles. The second-order valence-electron chi connectivity index (χ2n) is 11.0. The van der Waals surface area contributed by atoms with E-state index in [1.54, 1.807) is 18.2 Å². The summed E-state index contributed by atoms with van der Waals surface area (Å²) in [5, 5.41) is 7.30. The Balaban J connectivity index is 1.30. The van der Waals surface area contributed by atoms with Crippen LogP contribution in [0.4, 0.5) is 0 Å². The minimum Gasteiger partial charge on any atom is -0.351 e. The second kappa shape index (κ2) is 15.3. The fourth-order valence-corrected chi connectivity index (χ4v) is 5.73. The molecule has 1 fully saturated rings.